The largest absolute Gasteiger partial charge is 0.352 e. The zero-order valence-corrected chi connectivity index (χ0v) is 12.8. The zero-order valence-electron chi connectivity index (χ0n) is 12.8. The lowest BCUT2D eigenvalue weighted by Gasteiger charge is -2.35. The predicted molar refractivity (Wildman–Crippen MR) is 86.4 cm³/mol. The highest BCUT2D eigenvalue weighted by Gasteiger charge is 2.25. The number of hydrogen-bond donors (Lipinski definition) is 1. The molecule has 2 heterocycles. The maximum absolute atomic E-state index is 13.1. The number of anilines is 1. The van der Waals surface area contributed by atoms with Crippen LogP contribution in [0, 0.1) is 11.7 Å². The minimum absolute atomic E-state index is 0.165. The summed E-state index contributed by atoms with van der Waals surface area (Å²) in [6.45, 7) is 6.28. The molecule has 0 saturated carbocycles. The number of nitrogens with one attached hydrogen (secondary N) is 1. The summed E-state index contributed by atoms with van der Waals surface area (Å²) < 4.78 is 15.0. The first-order valence-electron chi connectivity index (χ1n) is 7.57. The van der Waals surface area contributed by atoms with Crippen molar-refractivity contribution in [2.75, 3.05) is 18.0 Å². The third-order valence-corrected chi connectivity index (χ3v) is 3.96. The van der Waals surface area contributed by atoms with E-state index in [0.717, 1.165) is 24.5 Å². The lowest BCUT2D eigenvalue weighted by molar-refractivity contribution is -0.116. The Morgan fingerprint density at radius 2 is 2.13 bits per heavy atom. The van der Waals surface area contributed by atoms with Crippen LogP contribution in [-0.4, -0.2) is 28.8 Å². The molecule has 1 N–H and O–H groups in total. The zero-order chi connectivity index (χ0) is 16.2. The van der Waals surface area contributed by atoms with Gasteiger partial charge in [0.2, 0.25) is 5.91 Å². The van der Waals surface area contributed by atoms with Gasteiger partial charge in [-0.25, -0.2) is 9.07 Å². The number of rotatable bonds is 5. The SMILES string of the molecule is C=CC(=O)NCC1CN(Cc2ccc(F)cc2)c2ccnn2C1. The van der Waals surface area contributed by atoms with Crippen LogP contribution in [0.3, 0.4) is 0 Å². The second-order valence-corrected chi connectivity index (χ2v) is 5.69. The minimum atomic E-state index is -0.234. The first-order valence-corrected chi connectivity index (χ1v) is 7.57. The fraction of sp³-hybridized carbons (Fsp3) is 0.294. The van der Waals surface area contributed by atoms with Crippen molar-refractivity contribution in [3.63, 3.8) is 0 Å². The summed E-state index contributed by atoms with van der Waals surface area (Å²) >= 11 is 0. The molecule has 5 nitrogen and oxygen atoms in total. The first-order chi connectivity index (χ1) is 11.2. The van der Waals surface area contributed by atoms with Crippen molar-refractivity contribution in [1.82, 2.24) is 15.1 Å². The second kappa shape index (κ2) is 6.64. The van der Waals surface area contributed by atoms with Crippen molar-refractivity contribution in [3.8, 4) is 0 Å². The molecule has 3 rings (SSSR count). The minimum Gasteiger partial charge on any atom is -0.352 e. The average Bonchev–Trinajstić information content (AvgIpc) is 3.03. The van der Waals surface area contributed by atoms with E-state index in [1.54, 1.807) is 18.3 Å². The summed E-state index contributed by atoms with van der Waals surface area (Å²) in [6.07, 6.45) is 3.05. The fourth-order valence-corrected chi connectivity index (χ4v) is 2.84. The molecule has 23 heavy (non-hydrogen) atoms. The van der Waals surface area contributed by atoms with Gasteiger partial charge in [0, 0.05) is 38.2 Å². The Hall–Kier alpha value is -2.63. The van der Waals surface area contributed by atoms with E-state index in [-0.39, 0.29) is 17.6 Å². The highest BCUT2D eigenvalue weighted by Crippen LogP contribution is 2.24. The van der Waals surface area contributed by atoms with Crippen LogP contribution < -0.4 is 10.2 Å². The molecule has 6 heteroatoms. The third kappa shape index (κ3) is 3.59. The number of nitrogens with zero attached hydrogens (tertiary/aromatic N) is 3. The Labute approximate surface area is 134 Å². The number of carbonyl (C=O) groups excluding carboxylic acids is 1. The number of fused-ring (bicyclic) bond motifs is 1. The number of carbonyl (C=O) groups is 1. The summed E-state index contributed by atoms with van der Waals surface area (Å²) in [7, 11) is 0. The molecule has 0 fully saturated rings. The molecule has 1 aliphatic rings. The fourth-order valence-electron chi connectivity index (χ4n) is 2.84. The van der Waals surface area contributed by atoms with E-state index in [0.29, 0.717) is 13.1 Å². The summed E-state index contributed by atoms with van der Waals surface area (Å²) in [5.41, 5.74) is 1.04. The van der Waals surface area contributed by atoms with Crippen molar-refractivity contribution >= 4 is 11.7 Å². The molecule has 0 aliphatic carbocycles. The van der Waals surface area contributed by atoms with Crippen molar-refractivity contribution in [2.24, 2.45) is 5.92 Å². The monoisotopic (exact) mass is 314 g/mol. The number of halogens is 1. The van der Waals surface area contributed by atoms with Crippen LogP contribution in [0.5, 0.6) is 0 Å². The van der Waals surface area contributed by atoms with Gasteiger partial charge in [-0.05, 0) is 23.8 Å². The standard InChI is InChI=1S/C17H19FN4O/c1-2-16(23)19-9-14-11-21(17-7-8-20-22(17)12-14)10-13-3-5-15(18)6-4-13/h2-8,14H,1,9-12H2,(H,19,23). The molecule has 120 valence electrons. The maximum Gasteiger partial charge on any atom is 0.243 e. The van der Waals surface area contributed by atoms with E-state index in [1.807, 2.05) is 10.7 Å². The summed E-state index contributed by atoms with van der Waals surface area (Å²) in [6, 6.07) is 8.50. The predicted octanol–water partition coefficient (Wildman–Crippen LogP) is 1.96. The maximum atomic E-state index is 13.1. The van der Waals surface area contributed by atoms with Crippen molar-refractivity contribution in [3.05, 3.63) is 60.6 Å². The van der Waals surface area contributed by atoms with Gasteiger partial charge in [0.05, 0.1) is 6.20 Å². The first kappa shape index (κ1) is 15.3. The second-order valence-electron chi connectivity index (χ2n) is 5.69. The summed E-state index contributed by atoms with van der Waals surface area (Å²) in [5, 5.41) is 7.18. The van der Waals surface area contributed by atoms with Gasteiger partial charge < -0.3 is 10.2 Å². The van der Waals surface area contributed by atoms with Crippen molar-refractivity contribution in [2.45, 2.75) is 13.1 Å². The van der Waals surface area contributed by atoms with E-state index >= 15 is 0 Å². The average molecular weight is 314 g/mol. The number of amides is 1. The highest BCUT2D eigenvalue weighted by atomic mass is 19.1. The van der Waals surface area contributed by atoms with Gasteiger partial charge in [-0.2, -0.15) is 5.10 Å². The Bertz CT molecular complexity index is 695. The van der Waals surface area contributed by atoms with E-state index in [1.165, 1.54) is 18.2 Å². The quantitative estimate of drug-likeness (QED) is 0.858. The van der Waals surface area contributed by atoms with Crippen LogP contribution in [0.2, 0.25) is 0 Å². The van der Waals surface area contributed by atoms with Crippen molar-refractivity contribution in [1.29, 1.82) is 0 Å². The number of aromatic nitrogens is 2. The van der Waals surface area contributed by atoms with Crippen molar-refractivity contribution < 1.29 is 9.18 Å². The van der Waals surface area contributed by atoms with Crippen LogP contribution in [0.1, 0.15) is 5.56 Å². The topological polar surface area (TPSA) is 50.2 Å². The molecule has 0 saturated heterocycles. The lowest BCUT2D eigenvalue weighted by Crippen LogP contribution is -2.43. The Kier molecular flexibility index (Phi) is 4.41. The molecule has 0 radical (unpaired) electrons. The van der Waals surface area contributed by atoms with Crippen LogP contribution >= 0.6 is 0 Å². The highest BCUT2D eigenvalue weighted by molar-refractivity contribution is 5.86. The van der Waals surface area contributed by atoms with Gasteiger partial charge in [-0.1, -0.05) is 18.7 Å². The van der Waals surface area contributed by atoms with E-state index in [2.05, 4.69) is 21.9 Å². The molecule has 1 atom stereocenters. The Morgan fingerprint density at radius 1 is 1.35 bits per heavy atom. The number of benzene rings is 1. The van der Waals surface area contributed by atoms with Gasteiger partial charge >= 0.3 is 0 Å². The molecule has 2 aromatic rings. The summed E-state index contributed by atoms with van der Waals surface area (Å²) in [5.74, 6) is 0.899. The third-order valence-electron chi connectivity index (χ3n) is 3.96. The van der Waals surface area contributed by atoms with Crippen LogP contribution in [0.15, 0.2) is 49.2 Å². The van der Waals surface area contributed by atoms with E-state index in [9.17, 15) is 9.18 Å². The Balaban J connectivity index is 1.72. The normalized spacial score (nSPS) is 16.7. The van der Waals surface area contributed by atoms with Gasteiger partial charge in [0.1, 0.15) is 11.6 Å². The molecule has 1 aliphatic heterocycles. The molecule has 1 amide bonds. The smallest absolute Gasteiger partial charge is 0.243 e. The molecular formula is C17H19FN4O. The van der Waals surface area contributed by atoms with E-state index in [4.69, 9.17) is 0 Å². The van der Waals surface area contributed by atoms with Gasteiger partial charge in [-0.15, -0.1) is 0 Å². The van der Waals surface area contributed by atoms with Gasteiger partial charge in [0.25, 0.3) is 0 Å². The van der Waals surface area contributed by atoms with Gasteiger partial charge in [0.15, 0.2) is 0 Å². The van der Waals surface area contributed by atoms with Crippen LogP contribution in [-0.2, 0) is 17.9 Å². The van der Waals surface area contributed by atoms with E-state index < -0.39 is 0 Å². The molecular weight excluding hydrogens is 295 g/mol. The van der Waals surface area contributed by atoms with Crippen LogP contribution in [0.25, 0.3) is 0 Å². The molecule has 1 aromatic carbocycles. The summed E-state index contributed by atoms with van der Waals surface area (Å²) in [4.78, 5) is 13.6. The lowest BCUT2D eigenvalue weighted by atomic mass is 10.1. The molecule has 0 spiro atoms. The van der Waals surface area contributed by atoms with Gasteiger partial charge in [-0.3, -0.25) is 4.79 Å². The molecule has 1 aromatic heterocycles. The molecule has 0 bridgehead atoms. The molecule has 1 unspecified atom stereocenters. The number of hydrogen-bond acceptors (Lipinski definition) is 3. The van der Waals surface area contributed by atoms with Crippen LogP contribution in [0.4, 0.5) is 10.2 Å². The Morgan fingerprint density at radius 3 is 2.87 bits per heavy atom.